The lowest BCUT2D eigenvalue weighted by Gasteiger charge is -2.12. The van der Waals surface area contributed by atoms with Crippen molar-refractivity contribution >= 4 is 53.3 Å². The number of rotatable bonds is 5. The molecule has 0 saturated carbocycles. The molecule has 224 valence electrons. The van der Waals surface area contributed by atoms with Gasteiger partial charge in [-0.25, -0.2) is 9.20 Å². The maximum absolute atomic E-state index is 10.6. The molecule has 0 aromatic heterocycles. The summed E-state index contributed by atoms with van der Waals surface area (Å²) in [5.74, 6) is 0.780. The van der Waals surface area contributed by atoms with Crippen LogP contribution in [0.2, 0.25) is 0 Å². The molecule has 3 rings (SSSR count). The van der Waals surface area contributed by atoms with E-state index in [-0.39, 0.29) is 19.6 Å². The monoisotopic (exact) mass is 629 g/mol. The van der Waals surface area contributed by atoms with E-state index >= 15 is 0 Å². The first-order chi connectivity index (χ1) is 18.0. The van der Waals surface area contributed by atoms with Crippen molar-refractivity contribution in [2.24, 2.45) is 10.7 Å². The number of ether oxygens (including phenoxy) is 1. The number of carbonyl (C=O) groups is 1. The zero-order chi connectivity index (χ0) is 30.6. The minimum atomic E-state index is -1.67. The first-order valence-electron chi connectivity index (χ1n) is 12.4. The van der Waals surface area contributed by atoms with Gasteiger partial charge < -0.3 is 15.6 Å². The number of aliphatic imine (C=N–C) groups is 1. The highest BCUT2D eigenvalue weighted by Gasteiger charge is 2.26. The van der Waals surface area contributed by atoms with E-state index in [2.05, 4.69) is 78.3 Å². The van der Waals surface area contributed by atoms with Crippen molar-refractivity contribution in [3.8, 4) is 0 Å². The van der Waals surface area contributed by atoms with Gasteiger partial charge in [0.2, 0.25) is 15.1 Å². The van der Waals surface area contributed by atoms with Gasteiger partial charge in [0, 0.05) is 38.0 Å². The van der Waals surface area contributed by atoms with Crippen LogP contribution in [-0.2, 0) is 26.8 Å². The van der Waals surface area contributed by atoms with Crippen LogP contribution in [-0.4, -0.2) is 51.9 Å². The summed E-state index contributed by atoms with van der Waals surface area (Å²) in [6, 6.07) is 15.7. The van der Waals surface area contributed by atoms with Gasteiger partial charge in [-0.15, -0.1) is 0 Å². The van der Waals surface area contributed by atoms with Crippen LogP contribution in [0.15, 0.2) is 53.5 Å². The van der Waals surface area contributed by atoms with Gasteiger partial charge in [-0.05, 0) is 87.5 Å². The maximum atomic E-state index is 10.6. The maximum Gasteiger partial charge on any atom is 0.252 e. The highest BCUT2D eigenvalue weighted by Crippen LogP contribution is 2.20. The number of halogens is 4. The second-order valence-corrected chi connectivity index (χ2v) is 12.1. The lowest BCUT2D eigenvalue weighted by molar-refractivity contribution is 0.108. The normalized spacial score (nSPS) is 13.1. The number of aliphatic hydroxyl groups excluding tert-OH is 1. The predicted octanol–water partition coefficient (Wildman–Crippen LogP) is 7.41. The third-order valence-electron chi connectivity index (χ3n) is 4.57. The summed E-state index contributed by atoms with van der Waals surface area (Å²) in [4.78, 5) is 15.2. The number of hydrogen-bond acceptors (Lipinski definition) is 6. The number of nitrogens with two attached hydrogens (primary N) is 1. The molecule has 0 unspecified atom stereocenters. The van der Waals surface area contributed by atoms with Gasteiger partial charge in [0.05, 0.1) is 20.7 Å². The molecule has 0 amide bonds. The molecule has 2 aromatic carbocycles. The molecular weight excluding hydrogens is 586 g/mol. The molecule has 0 fully saturated rings. The topological polar surface area (TPSA) is 102 Å². The molecule has 0 bridgehead atoms. The molecule has 0 atom stereocenters. The highest BCUT2D eigenvalue weighted by molar-refractivity contribution is 8.26. The first kappa shape index (κ1) is 39.6. The Morgan fingerprint density at radius 3 is 1.74 bits per heavy atom. The van der Waals surface area contributed by atoms with E-state index in [1.807, 2.05) is 12.1 Å². The van der Waals surface area contributed by atoms with Crippen LogP contribution in [0.5, 0.6) is 0 Å². The fourth-order valence-corrected chi connectivity index (χ4v) is 2.61. The van der Waals surface area contributed by atoms with Gasteiger partial charge in [0.25, 0.3) is 5.24 Å². The molecule has 2 aromatic rings. The van der Waals surface area contributed by atoms with Gasteiger partial charge in [-0.3, -0.25) is 9.18 Å². The summed E-state index contributed by atoms with van der Waals surface area (Å²) in [6.07, 6.45) is 2.05. The van der Waals surface area contributed by atoms with Crippen LogP contribution in [0.4, 0.5) is 4.39 Å². The van der Waals surface area contributed by atoms with Crippen molar-refractivity contribution < 1.29 is 24.6 Å². The number of alkyl halides is 1. The molecule has 0 aliphatic carbocycles. The second-order valence-electron chi connectivity index (χ2n) is 9.22. The summed E-state index contributed by atoms with van der Waals surface area (Å²) in [5, 5.41) is 7.88. The Hall–Kier alpha value is -1.55. The molecule has 3 N–H and O–H groups in total. The summed E-state index contributed by atoms with van der Waals surface area (Å²) in [5.41, 5.74) is 9.01. The smallest absolute Gasteiger partial charge is 0.252 e. The number of benzene rings is 2. The number of aliphatic hydroxyl groups is 1. The fraction of sp³-hybridized carbons (Fsp3) is 0.500. The zero-order valence-electron chi connectivity index (χ0n) is 23.8. The molecular formula is C28H44Cl3FN2O4S. The SMILES string of the molecule is C.CC(C)(N)CO.CCc1ccc(C(=O)Cl)cc1.CCc1ccc(C2=NC(C)(C)CO2)cc1.O=S(Cl)Cl.[2H]CF. The Morgan fingerprint density at radius 2 is 1.49 bits per heavy atom. The summed E-state index contributed by atoms with van der Waals surface area (Å²) in [7, 11) is 6.36. The van der Waals surface area contributed by atoms with Crippen LogP contribution in [0.3, 0.4) is 0 Å². The van der Waals surface area contributed by atoms with E-state index in [0.29, 0.717) is 12.2 Å². The number of nitrogens with zero attached hydrogens (tertiary/aromatic N) is 1. The molecule has 39 heavy (non-hydrogen) atoms. The first-order valence-corrected chi connectivity index (χ1v) is 14.8. The van der Waals surface area contributed by atoms with Gasteiger partial charge in [-0.2, -0.15) is 0 Å². The van der Waals surface area contributed by atoms with E-state index in [9.17, 15) is 9.18 Å². The minimum Gasteiger partial charge on any atom is -0.475 e. The number of carbonyl (C=O) groups excluding carboxylic acids is 1. The van der Waals surface area contributed by atoms with Crippen molar-refractivity contribution in [2.45, 2.75) is 72.9 Å². The molecule has 1 aliphatic rings. The molecule has 0 spiro atoms. The average Bonchev–Trinajstić information content (AvgIpc) is 3.24. The van der Waals surface area contributed by atoms with E-state index < -0.39 is 27.2 Å². The van der Waals surface area contributed by atoms with Gasteiger partial charge in [0.1, 0.15) is 6.61 Å². The lowest BCUT2D eigenvalue weighted by Crippen LogP contribution is -2.35. The van der Waals surface area contributed by atoms with Crippen molar-refractivity contribution in [2.75, 3.05) is 20.4 Å². The van der Waals surface area contributed by atoms with E-state index in [4.69, 9.17) is 32.8 Å². The Bertz CT molecular complexity index is 1000. The minimum absolute atomic E-state index is 0. The summed E-state index contributed by atoms with van der Waals surface area (Å²) in [6.45, 7) is 12.7. The molecule has 1 heterocycles. The van der Waals surface area contributed by atoms with E-state index in [1.54, 1.807) is 26.0 Å². The quantitative estimate of drug-likeness (QED) is 0.335. The van der Waals surface area contributed by atoms with Crippen LogP contribution < -0.4 is 5.73 Å². The second kappa shape index (κ2) is 22.2. The molecule has 0 radical (unpaired) electrons. The molecule has 0 saturated heterocycles. The van der Waals surface area contributed by atoms with Gasteiger partial charge in [0.15, 0.2) is 0 Å². The number of aryl methyl sites for hydroxylation is 2. The predicted molar refractivity (Wildman–Crippen MR) is 167 cm³/mol. The third-order valence-corrected chi connectivity index (χ3v) is 4.79. The van der Waals surface area contributed by atoms with Crippen molar-refractivity contribution in [3.63, 3.8) is 0 Å². The Kier molecular flexibility index (Phi) is 22.5. The largest absolute Gasteiger partial charge is 0.475 e. The third kappa shape index (κ3) is 21.9. The van der Waals surface area contributed by atoms with Crippen LogP contribution in [0, 0.1) is 0 Å². The summed E-state index contributed by atoms with van der Waals surface area (Å²) < 4.78 is 30.2. The van der Waals surface area contributed by atoms with Crippen LogP contribution in [0.25, 0.3) is 0 Å². The van der Waals surface area contributed by atoms with E-state index in [1.165, 1.54) is 11.1 Å². The molecule has 11 heteroatoms. The standard InChI is InChI=1S/C13H17NO.C9H9ClO.C4H11NO.CH3F.CH4.Cl2OS/c1-4-10-5-7-11(8-6-10)12-14-13(2,3)9-15-12;1-2-7-3-5-8(6-4-7)9(10)11;1-4(2,5)3-6;1-2;;1-4(2)3/h5-8H,4,9H2,1-3H3;3-6H,2H2,1H3;6H,3,5H2,1-2H3;1H3;1H4;/i;;;1D;;. The zero-order valence-corrected chi connectivity index (χ0v) is 25.9. The summed E-state index contributed by atoms with van der Waals surface area (Å²) >= 11 is 5.26. The highest BCUT2D eigenvalue weighted by atomic mass is 36.0. The van der Waals surface area contributed by atoms with Crippen molar-refractivity contribution in [1.29, 1.82) is 0 Å². The Balaban J connectivity index is -0.000000482. The lowest BCUT2D eigenvalue weighted by atomic mass is 10.1. The van der Waals surface area contributed by atoms with E-state index in [0.717, 1.165) is 24.3 Å². The Labute approximate surface area is 252 Å². The average molecular weight is 631 g/mol. The van der Waals surface area contributed by atoms with Crippen molar-refractivity contribution in [3.05, 3.63) is 70.8 Å². The van der Waals surface area contributed by atoms with Gasteiger partial charge >= 0.3 is 0 Å². The molecule has 6 nitrogen and oxygen atoms in total. The van der Waals surface area contributed by atoms with Gasteiger partial charge in [-0.1, -0.05) is 45.5 Å². The Morgan fingerprint density at radius 1 is 1.13 bits per heavy atom. The molecule has 1 aliphatic heterocycles. The fourth-order valence-electron chi connectivity index (χ4n) is 2.49. The van der Waals surface area contributed by atoms with Crippen LogP contribution in [0.1, 0.15) is 77.4 Å². The number of hydrogen-bond donors (Lipinski definition) is 2. The van der Waals surface area contributed by atoms with Crippen LogP contribution >= 0.6 is 33.0 Å². The van der Waals surface area contributed by atoms with Crippen molar-refractivity contribution in [1.82, 2.24) is 0 Å².